The molecule has 108 valence electrons. The van der Waals surface area contributed by atoms with E-state index in [9.17, 15) is 0 Å². The van der Waals surface area contributed by atoms with Crippen LogP contribution in [0.1, 0.15) is 47.0 Å². The van der Waals surface area contributed by atoms with E-state index in [2.05, 4.69) is 33.0 Å². The summed E-state index contributed by atoms with van der Waals surface area (Å²) in [6.45, 7) is 14.1. The number of rotatable bonds is 7. The van der Waals surface area contributed by atoms with Gasteiger partial charge in [-0.15, -0.1) is 0 Å². The van der Waals surface area contributed by atoms with Crippen LogP contribution in [-0.4, -0.2) is 32.8 Å². The molecule has 3 N–H and O–H groups in total. The second-order valence-corrected chi connectivity index (χ2v) is 7.18. The number of ether oxygens (including phenoxy) is 1. The minimum absolute atomic E-state index is 0.306. The van der Waals surface area contributed by atoms with Gasteiger partial charge in [-0.25, -0.2) is 0 Å². The van der Waals surface area contributed by atoms with E-state index in [1.807, 2.05) is 0 Å². The van der Waals surface area contributed by atoms with E-state index in [0.29, 0.717) is 10.8 Å². The molecule has 0 aromatic carbocycles. The quantitative estimate of drug-likeness (QED) is 0.735. The van der Waals surface area contributed by atoms with Gasteiger partial charge in [0.05, 0.1) is 0 Å². The topological polar surface area (TPSA) is 47.3 Å². The first kappa shape index (κ1) is 15.9. The summed E-state index contributed by atoms with van der Waals surface area (Å²) in [6.07, 6.45) is 3.50. The van der Waals surface area contributed by atoms with E-state index in [1.165, 1.54) is 12.8 Å². The van der Waals surface area contributed by atoms with Gasteiger partial charge in [-0.2, -0.15) is 0 Å². The van der Waals surface area contributed by atoms with E-state index in [4.69, 9.17) is 10.5 Å². The Morgan fingerprint density at radius 2 is 1.72 bits per heavy atom. The maximum atomic E-state index is 5.65. The summed E-state index contributed by atoms with van der Waals surface area (Å²) in [5.41, 5.74) is 6.32. The molecule has 0 bridgehead atoms. The van der Waals surface area contributed by atoms with Crippen LogP contribution >= 0.6 is 0 Å². The molecular weight excluding hydrogens is 224 g/mol. The normalized spacial score (nSPS) is 19.2. The molecule has 0 saturated carbocycles. The second kappa shape index (κ2) is 6.88. The molecule has 0 atom stereocenters. The molecule has 0 radical (unpaired) electrons. The van der Waals surface area contributed by atoms with Crippen LogP contribution in [0.15, 0.2) is 0 Å². The Bertz CT molecular complexity index is 233. The predicted molar refractivity (Wildman–Crippen MR) is 77.6 cm³/mol. The van der Waals surface area contributed by atoms with Gasteiger partial charge in [0.25, 0.3) is 0 Å². The molecule has 0 aromatic rings. The molecule has 18 heavy (non-hydrogen) atoms. The highest BCUT2D eigenvalue weighted by molar-refractivity contribution is 4.83. The minimum atomic E-state index is 0.306. The van der Waals surface area contributed by atoms with E-state index >= 15 is 0 Å². The highest BCUT2D eigenvalue weighted by Crippen LogP contribution is 2.34. The Morgan fingerprint density at radius 3 is 2.28 bits per heavy atom. The maximum Gasteiger partial charge on any atom is 0.0468 e. The molecule has 1 heterocycles. The molecule has 1 saturated heterocycles. The lowest BCUT2D eigenvalue weighted by Crippen LogP contribution is -2.41. The van der Waals surface area contributed by atoms with Crippen molar-refractivity contribution in [2.24, 2.45) is 22.5 Å². The van der Waals surface area contributed by atoms with Crippen LogP contribution in [0.2, 0.25) is 0 Å². The third-order valence-corrected chi connectivity index (χ3v) is 4.33. The fourth-order valence-electron chi connectivity index (χ4n) is 2.83. The van der Waals surface area contributed by atoms with Gasteiger partial charge in [0.15, 0.2) is 0 Å². The van der Waals surface area contributed by atoms with Crippen LogP contribution in [0.3, 0.4) is 0 Å². The van der Waals surface area contributed by atoms with Gasteiger partial charge in [0.1, 0.15) is 0 Å². The fraction of sp³-hybridized carbons (Fsp3) is 1.00. The summed E-state index contributed by atoms with van der Waals surface area (Å²) >= 11 is 0. The number of nitrogens with one attached hydrogen (secondary N) is 1. The number of hydrogen-bond acceptors (Lipinski definition) is 3. The van der Waals surface area contributed by atoms with E-state index in [1.54, 1.807) is 0 Å². The van der Waals surface area contributed by atoms with E-state index in [0.717, 1.165) is 45.2 Å². The summed E-state index contributed by atoms with van der Waals surface area (Å²) in [6, 6.07) is 0. The van der Waals surface area contributed by atoms with E-state index in [-0.39, 0.29) is 0 Å². The van der Waals surface area contributed by atoms with Crippen molar-refractivity contribution < 1.29 is 4.74 Å². The highest BCUT2D eigenvalue weighted by atomic mass is 16.5. The third kappa shape index (κ3) is 5.25. The van der Waals surface area contributed by atoms with Gasteiger partial charge < -0.3 is 15.8 Å². The summed E-state index contributed by atoms with van der Waals surface area (Å²) in [4.78, 5) is 0. The van der Waals surface area contributed by atoms with Crippen molar-refractivity contribution in [1.29, 1.82) is 0 Å². The SMILES string of the molecule is CC(C)(CCN)CNCC(C)(C)C1CCOCC1. The second-order valence-electron chi connectivity index (χ2n) is 7.18. The monoisotopic (exact) mass is 256 g/mol. The summed E-state index contributed by atoms with van der Waals surface area (Å²) in [5.74, 6) is 0.788. The molecule has 1 aliphatic heterocycles. The maximum absolute atomic E-state index is 5.65. The fourth-order valence-corrected chi connectivity index (χ4v) is 2.83. The molecule has 1 fully saturated rings. The van der Waals surface area contributed by atoms with Crippen LogP contribution in [0.5, 0.6) is 0 Å². The van der Waals surface area contributed by atoms with Crippen molar-refractivity contribution in [3.8, 4) is 0 Å². The first-order valence-electron chi connectivity index (χ1n) is 7.36. The first-order valence-corrected chi connectivity index (χ1v) is 7.36. The average Bonchev–Trinajstić information content (AvgIpc) is 2.29. The zero-order chi connectivity index (χ0) is 13.6. The van der Waals surface area contributed by atoms with Gasteiger partial charge in [0.2, 0.25) is 0 Å². The highest BCUT2D eigenvalue weighted by Gasteiger charge is 2.31. The summed E-state index contributed by atoms with van der Waals surface area (Å²) in [7, 11) is 0. The van der Waals surface area contributed by atoms with E-state index < -0.39 is 0 Å². The van der Waals surface area contributed by atoms with Crippen molar-refractivity contribution in [3.05, 3.63) is 0 Å². The molecule has 1 rings (SSSR count). The molecule has 1 aliphatic rings. The van der Waals surface area contributed by atoms with Crippen LogP contribution in [0.4, 0.5) is 0 Å². The van der Waals surface area contributed by atoms with Crippen molar-refractivity contribution in [2.75, 3.05) is 32.8 Å². The van der Waals surface area contributed by atoms with Gasteiger partial charge in [0, 0.05) is 26.3 Å². The smallest absolute Gasteiger partial charge is 0.0468 e. The first-order chi connectivity index (χ1) is 8.37. The molecule has 0 unspecified atom stereocenters. The Kier molecular flexibility index (Phi) is 6.09. The Labute approximate surface area is 113 Å². The van der Waals surface area contributed by atoms with Gasteiger partial charge in [-0.1, -0.05) is 27.7 Å². The average molecular weight is 256 g/mol. The van der Waals surface area contributed by atoms with Gasteiger partial charge in [-0.3, -0.25) is 0 Å². The molecule has 0 aromatic heterocycles. The van der Waals surface area contributed by atoms with Crippen molar-refractivity contribution >= 4 is 0 Å². The van der Waals surface area contributed by atoms with Crippen molar-refractivity contribution in [1.82, 2.24) is 5.32 Å². The third-order valence-electron chi connectivity index (χ3n) is 4.33. The Balaban J connectivity index is 2.32. The minimum Gasteiger partial charge on any atom is -0.381 e. The van der Waals surface area contributed by atoms with Crippen molar-refractivity contribution in [3.63, 3.8) is 0 Å². The Morgan fingerprint density at radius 1 is 1.11 bits per heavy atom. The van der Waals surface area contributed by atoms with Crippen LogP contribution in [-0.2, 0) is 4.74 Å². The van der Waals surface area contributed by atoms with Gasteiger partial charge in [-0.05, 0) is 42.6 Å². The number of nitrogens with two attached hydrogens (primary N) is 1. The molecule has 3 heteroatoms. The molecule has 0 aliphatic carbocycles. The van der Waals surface area contributed by atoms with Crippen LogP contribution in [0.25, 0.3) is 0 Å². The van der Waals surface area contributed by atoms with Gasteiger partial charge >= 0.3 is 0 Å². The van der Waals surface area contributed by atoms with Crippen molar-refractivity contribution in [2.45, 2.75) is 47.0 Å². The molecule has 0 spiro atoms. The number of hydrogen-bond donors (Lipinski definition) is 2. The lowest BCUT2D eigenvalue weighted by atomic mass is 9.74. The summed E-state index contributed by atoms with van der Waals surface area (Å²) < 4.78 is 5.45. The molecule has 0 amide bonds. The van der Waals surface area contributed by atoms with Crippen LogP contribution in [0, 0.1) is 16.7 Å². The predicted octanol–water partition coefficient (Wildman–Crippen LogP) is 2.40. The van der Waals surface area contributed by atoms with Crippen LogP contribution < -0.4 is 11.1 Å². The molecular formula is C15H32N2O. The largest absolute Gasteiger partial charge is 0.381 e. The standard InChI is InChI=1S/C15H32N2O/c1-14(2,7-8-16)11-17-12-15(3,4)13-5-9-18-10-6-13/h13,17H,5-12,16H2,1-4H3. The zero-order valence-corrected chi connectivity index (χ0v) is 12.7. The zero-order valence-electron chi connectivity index (χ0n) is 12.7. The lowest BCUT2D eigenvalue weighted by Gasteiger charge is -2.38. The summed E-state index contributed by atoms with van der Waals surface area (Å²) in [5, 5.41) is 3.65. The Hall–Kier alpha value is -0.120. The lowest BCUT2D eigenvalue weighted by molar-refractivity contribution is 0.0221. The molecule has 3 nitrogen and oxygen atoms in total.